The highest BCUT2D eigenvalue weighted by molar-refractivity contribution is 5.74. The lowest BCUT2D eigenvalue weighted by atomic mass is 10.0. The molecule has 2 aromatic carbocycles. The van der Waals surface area contributed by atoms with Gasteiger partial charge in [0, 0.05) is 18.0 Å². The van der Waals surface area contributed by atoms with Crippen LogP contribution < -0.4 is 14.8 Å². The third-order valence-electron chi connectivity index (χ3n) is 3.57. The zero-order valence-corrected chi connectivity index (χ0v) is 12.2. The van der Waals surface area contributed by atoms with Crippen LogP contribution in [0, 0.1) is 0 Å². The molecule has 1 aliphatic heterocycles. The third-order valence-corrected chi connectivity index (χ3v) is 3.57. The van der Waals surface area contributed by atoms with Gasteiger partial charge in [-0.25, -0.2) is 0 Å². The first-order valence-electron chi connectivity index (χ1n) is 7.19. The second-order valence-corrected chi connectivity index (χ2v) is 5.20. The van der Waals surface area contributed by atoms with Gasteiger partial charge >= 0.3 is 0 Å². The van der Waals surface area contributed by atoms with E-state index in [-0.39, 0.29) is 12.5 Å². The van der Waals surface area contributed by atoms with Crippen LogP contribution >= 0.6 is 0 Å². The fourth-order valence-corrected chi connectivity index (χ4v) is 2.53. The number of fused-ring (bicyclic) bond motifs is 1. The van der Waals surface area contributed by atoms with E-state index >= 15 is 0 Å². The van der Waals surface area contributed by atoms with Gasteiger partial charge in [-0.1, -0.05) is 6.07 Å². The van der Waals surface area contributed by atoms with Gasteiger partial charge < -0.3 is 19.9 Å². The van der Waals surface area contributed by atoms with Gasteiger partial charge in [-0.3, -0.25) is 4.98 Å². The summed E-state index contributed by atoms with van der Waals surface area (Å²) >= 11 is 0. The number of aromatic hydroxyl groups is 1. The minimum atomic E-state index is 0.187. The average Bonchev–Trinajstić information content (AvgIpc) is 3.03. The smallest absolute Gasteiger partial charge is 0.231 e. The summed E-state index contributed by atoms with van der Waals surface area (Å²) in [5, 5.41) is 13.2. The van der Waals surface area contributed by atoms with E-state index in [2.05, 4.69) is 10.3 Å². The minimum Gasteiger partial charge on any atom is -0.508 e. The zero-order chi connectivity index (χ0) is 15.6. The van der Waals surface area contributed by atoms with Crippen molar-refractivity contribution in [2.45, 2.75) is 0 Å². The Hall–Kier alpha value is -3.21. The van der Waals surface area contributed by atoms with Crippen LogP contribution in [0.25, 0.3) is 11.1 Å². The van der Waals surface area contributed by atoms with E-state index in [1.54, 1.807) is 24.5 Å². The molecule has 3 aromatic rings. The molecule has 0 fully saturated rings. The molecule has 23 heavy (non-hydrogen) atoms. The normalized spacial score (nSPS) is 12.2. The minimum absolute atomic E-state index is 0.187. The van der Waals surface area contributed by atoms with Crippen molar-refractivity contribution in [3.8, 4) is 28.4 Å². The van der Waals surface area contributed by atoms with Gasteiger partial charge in [0.1, 0.15) is 5.75 Å². The fraction of sp³-hybridized carbons (Fsp3) is 0.0556. The Morgan fingerprint density at radius 2 is 1.83 bits per heavy atom. The average molecular weight is 306 g/mol. The summed E-state index contributed by atoms with van der Waals surface area (Å²) in [6, 6.07) is 14.8. The summed E-state index contributed by atoms with van der Waals surface area (Å²) < 4.78 is 10.7. The van der Waals surface area contributed by atoms with E-state index in [0.717, 1.165) is 28.3 Å². The monoisotopic (exact) mass is 306 g/mol. The molecular weight excluding hydrogens is 292 g/mol. The van der Waals surface area contributed by atoms with E-state index in [1.807, 2.05) is 36.4 Å². The highest BCUT2D eigenvalue weighted by atomic mass is 16.7. The third kappa shape index (κ3) is 2.76. The van der Waals surface area contributed by atoms with Gasteiger partial charge in [-0.05, 0) is 47.5 Å². The maximum absolute atomic E-state index is 10.0. The Kier molecular flexibility index (Phi) is 3.24. The Morgan fingerprint density at radius 1 is 0.913 bits per heavy atom. The topological polar surface area (TPSA) is 63.6 Å². The van der Waals surface area contributed by atoms with E-state index < -0.39 is 0 Å². The number of anilines is 2. The number of phenolic OH excluding ortho intramolecular Hbond substituents is 1. The molecule has 0 spiro atoms. The maximum atomic E-state index is 10.0. The summed E-state index contributed by atoms with van der Waals surface area (Å²) in [7, 11) is 0. The number of aromatic nitrogens is 1. The SMILES string of the molecule is Oc1cc(Nc2cccnc2)cc(-c2ccc3c(c2)OCO3)c1. The number of benzene rings is 2. The van der Waals surface area contributed by atoms with Crippen molar-refractivity contribution in [2.75, 3.05) is 12.1 Å². The summed E-state index contributed by atoms with van der Waals surface area (Å²) in [5.74, 6) is 1.64. The predicted octanol–water partition coefficient (Wildman–Crippen LogP) is 3.93. The number of pyridine rings is 1. The molecule has 0 radical (unpaired) electrons. The van der Waals surface area contributed by atoms with Gasteiger partial charge in [0.2, 0.25) is 6.79 Å². The highest BCUT2D eigenvalue weighted by Gasteiger charge is 2.14. The lowest BCUT2D eigenvalue weighted by Gasteiger charge is -2.10. The molecule has 4 rings (SSSR count). The molecule has 0 saturated heterocycles. The number of hydrogen-bond acceptors (Lipinski definition) is 5. The van der Waals surface area contributed by atoms with Crippen molar-refractivity contribution in [1.29, 1.82) is 0 Å². The molecule has 0 aliphatic carbocycles. The summed E-state index contributed by atoms with van der Waals surface area (Å²) in [6.07, 6.45) is 3.44. The lowest BCUT2D eigenvalue weighted by Crippen LogP contribution is -1.93. The first kappa shape index (κ1) is 13.5. The van der Waals surface area contributed by atoms with Crippen LogP contribution in [0.3, 0.4) is 0 Å². The number of nitrogens with zero attached hydrogens (tertiary/aromatic N) is 1. The van der Waals surface area contributed by atoms with E-state index in [4.69, 9.17) is 9.47 Å². The van der Waals surface area contributed by atoms with Crippen molar-refractivity contribution >= 4 is 11.4 Å². The van der Waals surface area contributed by atoms with Gasteiger partial charge in [0.15, 0.2) is 11.5 Å². The lowest BCUT2D eigenvalue weighted by molar-refractivity contribution is 0.174. The molecule has 114 valence electrons. The van der Waals surface area contributed by atoms with Crippen molar-refractivity contribution in [3.05, 3.63) is 60.9 Å². The number of ether oxygens (including phenoxy) is 2. The van der Waals surface area contributed by atoms with E-state index in [0.29, 0.717) is 5.75 Å². The van der Waals surface area contributed by atoms with Crippen LogP contribution in [0.2, 0.25) is 0 Å². The molecular formula is C18H14N2O3. The Labute approximate surface area is 133 Å². The number of nitrogens with one attached hydrogen (secondary N) is 1. The first-order chi connectivity index (χ1) is 11.3. The first-order valence-corrected chi connectivity index (χ1v) is 7.19. The molecule has 0 unspecified atom stereocenters. The molecule has 0 bridgehead atoms. The summed E-state index contributed by atoms with van der Waals surface area (Å²) in [5.41, 5.74) is 3.47. The van der Waals surface area contributed by atoms with Crippen LogP contribution in [0.1, 0.15) is 0 Å². The molecule has 5 heteroatoms. The molecule has 1 aromatic heterocycles. The quantitative estimate of drug-likeness (QED) is 0.767. The maximum Gasteiger partial charge on any atom is 0.231 e. The van der Waals surface area contributed by atoms with Crippen LogP contribution in [0.4, 0.5) is 11.4 Å². The molecule has 0 saturated carbocycles. The number of phenols is 1. The van der Waals surface area contributed by atoms with Crippen LogP contribution in [-0.4, -0.2) is 16.9 Å². The summed E-state index contributed by atoms with van der Waals surface area (Å²) in [4.78, 5) is 4.07. The Balaban J connectivity index is 1.69. The van der Waals surface area contributed by atoms with Crippen LogP contribution in [0.5, 0.6) is 17.2 Å². The molecule has 1 aliphatic rings. The van der Waals surface area contributed by atoms with Gasteiger partial charge in [-0.2, -0.15) is 0 Å². The van der Waals surface area contributed by atoms with Gasteiger partial charge in [0.05, 0.1) is 11.9 Å². The van der Waals surface area contributed by atoms with Gasteiger partial charge in [0.25, 0.3) is 0 Å². The van der Waals surface area contributed by atoms with E-state index in [1.165, 1.54) is 0 Å². The molecule has 5 nitrogen and oxygen atoms in total. The van der Waals surface area contributed by atoms with Crippen LogP contribution in [0.15, 0.2) is 60.9 Å². The van der Waals surface area contributed by atoms with Crippen molar-refractivity contribution in [2.24, 2.45) is 0 Å². The second kappa shape index (κ2) is 5.53. The van der Waals surface area contributed by atoms with Crippen molar-refractivity contribution < 1.29 is 14.6 Å². The predicted molar refractivity (Wildman–Crippen MR) is 87.2 cm³/mol. The molecule has 0 amide bonds. The highest BCUT2D eigenvalue weighted by Crippen LogP contribution is 2.37. The Morgan fingerprint density at radius 3 is 2.70 bits per heavy atom. The molecule has 2 N–H and O–H groups in total. The number of rotatable bonds is 3. The largest absolute Gasteiger partial charge is 0.508 e. The zero-order valence-electron chi connectivity index (χ0n) is 12.2. The van der Waals surface area contributed by atoms with E-state index in [9.17, 15) is 5.11 Å². The van der Waals surface area contributed by atoms with Gasteiger partial charge in [-0.15, -0.1) is 0 Å². The van der Waals surface area contributed by atoms with Crippen molar-refractivity contribution in [3.63, 3.8) is 0 Å². The fourth-order valence-electron chi connectivity index (χ4n) is 2.53. The Bertz CT molecular complexity index is 850. The molecule has 0 atom stereocenters. The van der Waals surface area contributed by atoms with Crippen LogP contribution in [-0.2, 0) is 0 Å². The van der Waals surface area contributed by atoms with Crippen molar-refractivity contribution in [1.82, 2.24) is 4.98 Å². The number of hydrogen-bond donors (Lipinski definition) is 2. The molecule has 2 heterocycles. The summed E-state index contributed by atoms with van der Waals surface area (Å²) in [6.45, 7) is 0.243. The standard InChI is InChI=1S/C18H14N2O3/c21-16-7-13(12-3-4-17-18(8-12)23-11-22-17)6-15(9-16)20-14-2-1-5-19-10-14/h1-10,20-21H,11H2. The second-order valence-electron chi connectivity index (χ2n) is 5.20.